The van der Waals surface area contributed by atoms with E-state index < -0.39 is 4.92 Å². The molecule has 2 aromatic rings. The van der Waals surface area contributed by atoms with Crippen molar-refractivity contribution in [3.05, 3.63) is 68.4 Å². The molecule has 1 aromatic heterocycles. The third-order valence-electron chi connectivity index (χ3n) is 2.89. The number of hydrogen-bond donors (Lipinski definition) is 0. The average Bonchev–Trinajstić information content (AvgIpc) is 2.96. The number of halogens is 1. The smallest absolute Gasteiger partial charge is 0.401 e. The van der Waals surface area contributed by atoms with Crippen molar-refractivity contribution >= 4 is 33.8 Å². The molecule has 0 aliphatic carbocycles. The molecule has 1 heterocycles. The van der Waals surface area contributed by atoms with Crippen LogP contribution in [-0.4, -0.2) is 22.8 Å². The van der Waals surface area contributed by atoms with Gasteiger partial charge in [0.15, 0.2) is 0 Å². The summed E-state index contributed by atoms with van der Waals surface area (Å²) in [7, 11) is 1.68. The van der Waals surface area contributed by atoms with Crippen LogP contribution in [0.15, 0.2) is 51.4 Å². The van der Waals surface area contributed by atoms with Gasteiger partial charge in [0.25, 0.3) is 0 Å². The van der Waals surface area contributed by atoms with Crippen molar-refractivity contribution in [1.29, 1.82) is 0 Å². The number of rotatable bonds is 5. The van der Waals surface area contributed by atoms with E-state index in [-0.39, 0.29) is 17.6 Å². The second-order valence-electron chi connectivity index (χ2n) is 4.59. The number of nitrogens with zero attached hydrogens (tertiary/aromatic N) is 2. The van der Waals surface area contributed by atoms with Crippen molar-refractivity contribution < 1.29 is 14.1 Å². The normalized spacial score (nSPS) is 10.8. The van der Waals surface area contributed by atoms with Crippen molar-refractivity contribution in [2.75, 3.05) is 7.05 Å². The number of hydrogen-bond acceptors (Lipinski definition) is 4. The summed E-state index contributed by atoms with van der Waals surface area (Å²) in [6.45, 7) is 0.467. The van der Waals surface area contributed by atoms with Crippen molar-refractivity contribution in [2.45, 2.75) is 6.54 Å². The molecule has 0 saturated heterocycles. The highest BCUT2D eigenvalue weighted by atomic mass is 79.9. The van der Waals surface area contributed by atoms with Gasteiger partial charge in [-0.05, 0) is 29.8 Å². The Hall–Kier alpha value is -2.41. The summed E-state index contributed by atoms with van der Waals surface area (Å²) in [6, 6.07) is 10.4. The lowest BCUT2D eigenvalue weighted by Crippen LogP contribution is -2.24. The van der Waals surface area contributed by atoms with Crippen LogP contribution >= 0.6 is 15.9 Å². The molecule has 0 radical (unpaired) electrons. The number of likely N-dealkylation sites (N-methyl/N-ethyl adjacent to an activating group) is 1. The maximum atomic E-state index is 12.0. The molecule has 1 aromatic carbocycles. The summed E-state index contributed by atoms with van der Waals surface area (Å²) in [5.74, 6) is -0.311. The molecule has 1 amide bonds. The Morgan fingerprint density at radius 2 is 2.00 bits per heavy atom. The van der Waals surface area contributed by atoms with Gasteiger partial charge in [0.1, 0.15) is 10.7 Å². The lowest BCUT2D eigenvalue weighted by atomic mass is 10.2. The van der Waals surface area contributed by atoms with E-state index in [1.165, 1.54) is 29.2 Å². The Morgan fingerprint density at radius 1 is 1.32 bits per heavy atom. The van der Waals surface area contributed by atoms with Gasteiger partial charge in [-0.1, -0.05) is 28.1 Å². The van der Waals surface area contributed by atoms with Gasteiger partial charge in [0.2, 0.25) is 5.91 Å². The molecule has 22 heavy (non-hydrogen) atoms. The molecule has 0 unspecified atom stereocenters. The Bertz CT molecular complexity index is 707. The summed E-state index contributed by atoms with van der Waals surface area (Å²) in [5.41, 5.74) is 1.00. The fourth-order valence-corrected chi connectivity index (χ4v) is 2.02. The van der Waals surface area contributed by atoms with E-state index in [0.717, 1.165) is 10.0 Å². The largest absolute Gasteiger partial charge is 0.433 e. The van der Waals surface area contributed by atoms with Crippen molar-refractivity contribution in [1.82, 2.24) is 4.90 Å². The van der Waals surface area contributed by atoms with Crippen molar-refractivity contribution in [3.63, 3.8) is 0 Å². The molecule has 0 aliphatic rings. The molecule has 114 valence electrons. The van der Waals surface area contributed by atoms with E-state index in [2.05, 4.69) is 15.9 Å². The van der Waals surface area contributed by atoms with Crippen LogP contribution in [0.1, 0.15) is 11.3 Å². The van der Waals surface area contributed by atoms with Crippen LogP contribution in [-0.2, 0) is 11.3 Å². The van der Waals surface area contributed by atoms with Gasteiger partial charge in [0, 0.05) is 24.1 Å². The molecule has 0 spiro atoms. The molecule has 0 N–H and O–H groups in total. The predicted octanol–water partition coefficient (Wildman–Crippen LogP) is 3.62. The summed E-state index contributed by atoms with van der Waals surface area (Å²) in [4.78, 5) is 23.4. The first-order valence-corrected chi connectivity index (χ1v) is 7.17. The molecular formula is C15H13BrN2O4. The minimum atomic E-state index is -0.626. The zero-order valence-electron chi connectivity index (χ0n) is 11.7. The fraction of sp³-hybridized carbons (Fsp3) is 0.133. The summed E-state index contributed by atoms with van der Waals surface area (Å²) < 4.78 is 5.92. The quantitative estimate of drug-likeness (QED) is 0.461. The van der Waals surface area contributed by atoms with Gasteiger partial charge >= 0.3 is 5.88 Å². The van der Waals surface area contributed by atoms with Crippen LogP contribution < -0.4 is 0 Å². The number of furan rings is 1. The maximum absolute atomic E-state index is 12.0. The molecule has 7 heteroatoms. The fourth-order valence-electron chi connectivity index (χ4n) is 1.75. The Morgan fingerprint density at radius 3 is 2.59 bits per heavy atom. The highest BCUT2D eigenvalue weighted by molar-refractivity contribution is 9.10. The van der Waals surface area contributed by atoms with E-state index >= 15 is 0 Å². The first kappa shape index (κ1) is 16.0. The molecule has 0 aliphatic heterocycles. The Labute approximate surface area is 135 Å². The average molecular weight is 365 g/mol. The van der Waals surface area contributed by atoms with E-state index in [0.29, 0.717) is 6.54 Å². The second kappa shape index (κ2) is 7.04. The summed E-state index contributed by atoms with van der Waals surface area (Å²) >= 11 is 3.35. The van der Waals surface area contributed by atoms with Gasteiger partial charge < -0.3 is 9.32 Å². The highest BCUT2D eigenvalue weighted by Crippen LogP contribution is 2.17. The minimum Gasteiger partial charge on any atom is -0.401 e. The molecule has 0 saturated carbocycles. The Balaban J connectivity index is 1.96. The lowest BCUT2D eigenvalue weighted by molar-refractivity contribution is -0.402. The van der Waals surface area contributed by atoms with E-state index in [4.69, 9.17) is 4.42 Å². The molecule has 0 bridgehead atoms. The number of carbonyl (C=O) groups is 1. The first-order chi connectivity index (χ1) is 10.5. The van der Waals surface area contributed by atoms with Crippen LogP contribution in [0, 0.1) is 10.1 Å². The highest BCUT2D eigenvalue weighted by Gasteiger charge is 2.11. The molecule has 6 nitrogen and oxygen atoms in total. The van der Waals surface area contributed by atoms with Gasteiger partial charge in [-0.25, -0.2) is 0 Å². The third kappa shape index (κ3) is 4.29. The lowest BCUT2D eigenvalue weighted by Gasteiger charge is -2.15. The number of nitro groups is 1. The second-order valence-corrected chi connectivity index (χ2v) is 5.50. The van der Waals surface area contributed by atoms with Crippen molar-refractivity contribution in [2.24, 2.45) is 0 Å². The van der Waals surface area contributed by atoms with Crippen molar-refractivity contribution in [3.8, 4) is 0 Å². The van der Waals surface area contributed by atoms with E-state index in [1.54, 1.807) is 7.05 Å². The standard InChI is InChI=1S/C15H13BrN2O4/c1-17(10-11-2-4-12(16)5-3-11)14(19)8-6-13-7-9-15(22-13)18(20)21/h2-9H,10H2,1H3/b8-6+. The number of carbonyl (C=O) groups excluding carboxylic acids is 1. The van der Waals surface area contributed by atoms with Gasteiger partial charge in [-0.15, -0.1) is 0 Å². The predicted molar refractivity (Wildman–Crippen MR) is 85.0 cm³/mol. The molecule has 2 rings (SSSR count). The summed E-state index contributed by atoms with van der Waals surface area (Å²) in [5, 5.41) is 10.5. The van der Waals surface area contributed by atoms with Gasteiger partial charge in [-0.2, -0.15) is 0 Å². The monoisotopic (exact) mass is 364 g/mol. The number of amides is 1. The minimum absolute atomic E-state index is 0.220. The van der Waals surface area contributed by atoms with E-state index in [9.17, 15) is 14.9 Å². The van der Waals surface area contributed by atoms with Gasteiger partial charge in [0.05, 0.1) is 6.07 Å². The van der Waals surface area contributed by atoms with Crippen LogP contribution in [0.2, 0.25) is 0 Å². The number of benzene rings is 1. The van der Waals surface area contributed by atoms with Gasteiger partial charge in [-0.3, -0.25) is 14.9 Å². The molecular weight excluding hydrogens is 352 g/mol. The Kier molecular flexibility index (Phi) is 5.11. The summed E-state index contributed by atoms with van der Waals surface area (Å²) in [6.07, 6.45) is 2.73. The molecule has 0 atom stereocenters. The van der Waals surface area contributed by atoms with Crippen LogP contribution in [0.5, 0.6) is 0 Å². The first-order valence-electron chi connectivity index (χ1n) is 6.37. The zero-order chi connectivity index (χ0) is 16.1. The maximum Gasteiger partial charge on any atom is 0.433 e. The zero-order valence-corrected chi connectivity index (χ0v) is 13.3. The SMILES string of the molecule is CN(Cc1ccc(Br)cc1)C(=O)/C=C/c1ccc([N+](=O)[O-])o1. The topological polar surface area (TPSA) is 76.6 Å². The van der Waals surface area contributed by atoms with Crippen LogP contribution in [0.3, 0.4) is 0 Å². The third-order valence-corrected chi connectivity index (χ3v) is 3.42. The van der Waals surface area contributed by atoms with E-state index in [1.807, 2.05) is 24.3 Å². The van der Waals surface area contributed by atoms with Crippen LogP contribution in [0.4, 0.5) is 5.88 Å². The molecule has 0 fully saturated rings. The van der Waals surface area contributed by atoms with Crippen LogP contribution in [0.25, 0.3) is 6.08 Å².